The Bertz CT molecular complexity index is 752. The molecule has 2 aromatic carbocycles. The van der Waals surface area contributed by atoms with Gasteiger partial charge in [0.2, 0.25) is 0 Å². The molecule has 0 spiro atoms. The van der Waals surface area contributed by atoms with Crippen LogP contribution in [0, 0.1) is 0 Å². The molecule has 0 amide bonds. The normalized spacial score (nSPS) is 10.8. The molecule has 0 fully saturated rings. The summed E-state index contributed by atoms with van der Waals surface area (Å²) in [4.78, 5) is 24.1. The summed E-state index contributed by atoms with van der Waals surface area (Å²) < 4.78 is 10.9. The van der Waals surface area contributed by atoms with E-state index in [-0.39, 0.29) is 11.9 Å². The van der Waals surface area contributed by atoms with Gasteiger partial charge >= 0.3 is 11.9 Å². The summed E-state index contributed by atoms with van der Waals surface area (Å²) in [7, 11) is 0. The van der Waals surface area contributed by atoms with Gasteiger partial charge in [-0.15, -0.1) is 0 Å². The number of hydrogen-bond donors (Lipinski definition) is 0. The summed E-state index contributed by atoms with van der Waals surface area (Å²) in [6.07, 6.45) is 14.7. The minimum absolute atomic E-state index is 0.171. The van der Waals surface area contributed by atoms with E-state index in [1.165, 1.54) is 51.4 Å². The van der Waals surface area contributed by atoms with Crippen molar-refractivity contribution in [1.29, 1.82) is 0 Å². The predicted molar refractivity (Wildman–Crippen MR) is 139 cm³/mol. The van der Waals surface area contributed by atoms with E-state index in [1.807, 2.05) is 48.5 Å². The molecule has 4 heteroatoms. The smallest absolute Gasteiger partial charge is 0.311 e. The van der Waals surface area contributed by atoms with E-state index in [4.69, 9.17) is 9.47 Å². The van der Waals surface area contributed by atoms with Gasteiger partial charge in [0, 0.05) is 12.8 Å². The third-order valence-corrected chi connectivity index (χ3v) is 5.97. The van der Waals surface area contributed by atoms with Crippen molar-refractivity contribution in [3.63, 3.8) is 0 Å². The molecule has 0 N–H and O–H groups in total. The maximum absolute atomic E-state index is 12.0. The lowest BCUT2D eigenvalue weighted by molar-refractivity contribution is -0.135. The molecule has 0 radical (unpaired) electrons. The van der Waals surface area contributed by atoms with Crippen molar-refractivity contribution in [2.75, 3.05) is 0 Å². The van der Waals surface area contributed by atoms with Crippen LogP contribution in [0.2, 0.25) is 0 Å². The van der Waals surface area contributed by atoms with Crippen LogP contribution in [-0.2, 0) is 9.59 Å². The van der Waals surface area contributed by atoms with Gasteiger partial charge in [0.25, 0.3) is 0 Å². The molecule has 0 aliphatic heterocycles. The van der Waals surface area contributed by atoms with Crippen LogP contribution in [0.15, 0.2) is 48.5 Å². The van der Waals surface area contributed by atoms with Gasteiger partial charge in [0.05, 0.1) is 0 Å². The minimum atomic E-state index is -0.171. The van der Waals surface area contributed by atoms with E-state index in [2.05, 4.69) is 13.8 Å². The molecule has 34 heavy (non-hydrogen) atoms. The Kier molecular flexibility index (Phi) is 13.7. The van der Waals surface area contributed by atoms with Crippen LogP contribution in [0.4, 0.5) is 0 Å². The quantitative estimate of drug-likeness (QED) is 0.133. The molecule has 0 aliphatic rings. The summed E-state index contributed by atoms with van der Waals surface area (Å²) in [5.41, 5.74) is 2.03. The van der Waals surface area contributed by atoms with Crippen LogP contribution in [0.1, 0.15) is 104 Å². The van der Waals surface area contributed by atoms with Crippen molar-refractivity contribution < 1.29 is 19.1 Å². The molecular weight excluding hydrogens is 424 g/mol. The highest BCUT2D eigenvalue weighted by Crippen LogP contribution is 2.25. The predicted octanol–water partition coefficient (Wildman–Crippen LogP) is 8.67. The average Bonchev–Trinajstić information content (AvgIpc) is 2.84. The first-order valence-electron chi connectivity index (χ1n) is 13.2. The highest BCUT2D eigenvalue weighted by molar-refractivity contribution is 5.74. The fraction of sp³-hybridized carbons (Fsp3) is 0.533. The van der Waals surface area contributed by atoms with Gasteiger partial charge in [0.1, 0.15) is 11.5 Å². The zero-order chi connectivity index (χ0) is 24.4. The maximum atomic E-state index is 12.0. The lowest BCUT2D eigenvalue weighted by Gasteiger charge is -2.08. The Hall–Kier alpha value is -2.62. The fourth-order valence-corrected chi connectivity index (χ4v) is 3.90. The van der Waals surface area contributed by atoms with Crippen molar-refractivity contribution in [1.82, 2.24) is 0 Å². The van der Waals surface area contributed by atoms with Crippen LogP contribution in [0.5, 0.6) is 11.5 Å². The largest absolute Gasteiger partial charge is 0.427 e. The number of rotatable bonds is 17. The Morgan fingerprint density at radius 3 is 1.18 bits per heavy atom. The average molecular weight is 467 g/mol. The second kappa shape index (κ2) is 16.9. The molecule has 0 aromatic heterocycles. The number of hydrogen-bond acceptors (Lipinski definition) is 4. The molecule has 0 heterocycles. The number of unbranched alkanes of at least 4 members (excludes halogenated alkanes) is 10. The molecule has 186 valence electrons. The van der Waals surface area contributed by atoms with E-state index in [1.54, 1.807) is 0 Å². The standard InChI is InChI=1S/C30H42O4/c1-3-5-7-9-11-13-15-29(31)33-27-21-17-25(18-22-27)26-19-23-28(24-20-26)34-30(32)16-14-12-10-8-6-4-2/h17-24H,3-16H2,1-2H3. The van der Waals surface area contributed by atoms with Crippen molar-refractivity contribution >= 4 is 11.9 Å². The molecule has 2 rings (SSSR count). The van der Waals surface area contributed by atoms with Gasteiger partial charge in [0.15, 0.2) is 0 Å². The highest BCUT2D eigenvalue weighted by Gasteiger charge is 2.07. The van der Waals surface area contributed by atoms with Gasteiger partial charge in [-0.25, -0.2) is 0 Å². The SMILES string of the molecule is CCCCCCCCC(=O)Oc1ccc(-c2ccc(OC(=O)CCCCCCCC)cc2)cc1. The Balaban J connectivity index is 1.72. The Morgan fingerprint density at radius 2 is 0.824 bits per heavy atom. The first-order valence-corrected chi connectivity index (χ1v) is 13.2. The van der Waals surface area contributed by atoms with Crippen molar-refractivity contribution in [3.05, 3.63) is 48.5 Å². The van der Waals surface area contributed by atoms with E-state index in [0.29, 0.717) is 24.3 Å². The van der Waals surface area contributed by atoms with Crippen LogP contribution in [-0.4, -0.2) is 11.9 Å². The second-order valence-electron chi connectivity index (χ2n) is 9.03. The number of benzene rings is 2. The molecule has 4 nitrogen and oxygen atoms in total. The topological polar surface area (TPSA) is 52.6 Å². The molecule has 0 saturated carbocycles. The maximum Gasteiger partial charge on any atom is 0.311 e. The molecule has 0 atom stereocenters. The molecule has 0 saturated heterocycles. The van der Waals surface area contributed by atoms with Crippen LogP contribution < -0.4 is 9.47 Å². The van der Waals surface area contributed by atoms with Crippen molar-refractivity contribution in [2.24, 2.45) is 0 Å². The van der Waals surface area contributed by atoms with Crippen LogP contribution in [0.25, 0.3) is 11.1 Å². The van der Waals surface area contributed by atoms with Crippen LogP contribution >= 0.6 is 0 Å². The molecule has 2 aromatic rings. The summed E-state index contributed by atoms with van der Waals surface area (Å²) in [5, 5.41) is 0. The lowest BCUT2D eigenvalue weighted by Crippen LogP contribution is -2.07. The third kappa shape index (κ3) is 11.5. The first-order chi connectivity index (χ1) is 16.6. The van der Waals surface area contributed by atoms with Gasteiger partial charge in [-0.2, -0.15) is 0 Å². The van der Waals surface area contributed by atoms with E-state index in [9.17, 15) is 9.59 Å². The van der Waals surface area contributed by atoms with Crippen LogP contribution in [0.3, 0.4) is 0 Å². The first kappa shape index (κ1) is 27.6. The molecule has 0 unspecified atom stereocenters. The Labute approximate surface area is 206 Å². The summed E-state index contributed by atoms with van der Waals surface area (Å²) >= 11 is 0. The van der Waals surface area contributed by atoms with Gasteiger partial charge in [-0.1, -0.05) is 102 Å². The lowest BCUT2D eigenvalue weighted by atomic mass is 10.1. The number of esters is 2. The van der Waals surface area contributed by atoms with E-state index >= 15 is 0 Å². The summed E-state index contributed by atoms with van der Waals surface area (Å²) in [5.74, 6) is 0.797. The summed E-state index contributed by atoms with van der Waals surface area (Å²) in [6, 6.07) is 15.0. The fourth-order valence-electron chi connectivity index (χ4n) is 3.90. The monoisotopic (exact) mass is 466 g/mol. The third-order valence-electron chi connectivity index (χ3n) is 5.97. The second-order valence-corrected chi connectivity index (χ2v) is 9.03. The molecular formula is C30H42O4. The molecule has 0 aliphatic carbocycles. The number of carbonyl (C=O) groups is 2. The highest BCUT2D eigenvalue weighted by atomic mass is 16.5. The van der Waals surface area contributed by atoms with E-state index in [0.717, 1.165) is 36.8 Å². The van der Waals surface area contributed by atoms with Gasteiger partial charge in [-0.05, 0) is 48.2 Å². The minimum Gasteiger partial charge on any atom is -0.427 e. The summed E-state index contributed by atoms with van der Waals surface area (Å²) in [6.45, 7) is 4.40. The number of ether oxygens (including phenoxy) is 2. The van der Waals surface area contributed by atoms with Crippen molar-refractivity contribution in [3.8, 4) is 22.6 Å². The van der Waals surface area contributed by atoms with Gasteiger partial charge in [-0.3, -0.25) is 9.59 Å². The number of carbonyl (C=O) groups excluding carboxylic acids is 2. The van der Waals surface area contributed by atoms with Gasteiger partial charge < -0.3 is 9.47 Å². The van der Waals surface area contributed by atoms with Crippen molar-refractivity contribution in [2.45, 2.75) is 104 Å². The van der Waals surface area contributed by atoms with E-state index < -0.39 is 0 Å². The molecule has 0 bridgehead atoms. The zero-order valence-electron chi connectivity index (χ0n) is 21.2. The zero-order valence-corrected chi connectivity index (χ0v) is 21.2. The Morgan fingerprint density at radius 1 is 0.500 bits per heavy atom.